The molecular formula is C18H26ClN3O3S. The minimum absolute atomic E-state index is 0. The zero-order valence-corrected chi connectivity index (χ0v) is 16.6. The molecule has 0 saturated carbocycles. The van der Waals surface area contributed by atoms with Crippen molar-refractivity contribution in [3.8, 4) is 0 Å². The van der Waals surface area contributed by atoms with Gasteiger partial charge in [-0.15, -0.1) is 12.4 Å². The highest BCUT2D eigenvalue weighted by Gasteiger charge is 2.22. The van der Waals surface area contributed by atoms with Crippen molar-refractivity contribution in [3.05, 3.63) is 29.3 Å². The first-order chi connectivity index (χ1) is 12.1. The van der Waals surface area contributed by atoms with Gasteiger partial charge >= 0.3 is 0 Å². The molecule has 1 atom stereocenters. The van der Waals surface area contributed by atoms with Crippen LogP contribution in [0, 0.1) is 6.92 Å². The molecule has 1 unspecified atom stereocenters. The number of anilines is 1. The van der Waals surface area contributed by atoms with Crippen molar-refractivity contribution in [2.24, 2.45) is 0 Å². The number of thioether (sulfide) groups is 1. The number of hydrogen-bond donors (Lipinski definition) is 2. The fourth-order valence-corrected chi connectivity index (χ4v) is 4.02. The predicted octanol–water partition coefficient (Wildman–Crippen LogP) is 1.92. The van der Waals surface area contributed by atoms with Gasteiger partial charge in [0.2, 0.25) is 5.91 Å². The van der Waals surface area contributed by atoms with Gasteiger partial charge in [-0.3, -0.25) is 9.59 Å². The van der Waals surface area contributed by atoms with Crippen LogP contribution in [0.25, 0.3) is 0 Å². The molecule has 1 aromatic rings. The van der Waals surface area contributed by atoms with Gasteiger partial charge in [-0.05, 0) is 24.6 Å². The highest BCUT2D eigenvalue weighted by molar-refractivity contribution is 7.99. The fourth-order valence-electron chi connectivity index (χ4n) is 3.12. The van der Waals surface area contributed by atoms with Crippen molar-refractivity contribution >= 4 is 41.7 Å². The molecule has 0 bridgehead atoms. The molecule has 2 amide bonds. The summed E-state index contributed by atoms with van der Waals surface area (Å²) in [4.78, 5) is 27.0. The second kappa shape index (κ2) is 10.2. The number of rotatable bonds is 4. The van der Waals surface area contributed by atoms with Crippen LogP contribution in [-0.2, 0) is 9.53 Å². The topological polar surface area (TPSA) is 70.7 Å². The van der Waals surface area contributed by atoms with E-state index in [0.29, 0.717) is 30.9 Å². The molecule has 2 aliphatic heterocycles. The maximum Gasteiger partial charge on any atom is 0.254 e. The lowest BCUT2D eigenvalue weighted by atomic mass is 10.0. The highest BCUT2D eigenvalue weighted by atomic mass is 35.5. The zero-order valence-electron chi connectivity index (χ0n) is 15.0. The molecule has 0 aliphatic carbocycles. The average Bonchev–Trinajstić information content (AvgIpc) is 2.64. The highest BCUT2D eigenvalue weighted by Crippen LogP contribution is 2.22. The van der Waals surface area contributed by atoms with Gasteiger partial charge in [-0.25, -0.2) is 0 Å². The van der Waals surface area contributed by atoms with Crippen LogP contribution < -0.4 is 10.6 Å². The predicted molar refractivity (Wildman–Crippen MR) is 108 cm³/mol. The molecule has 26 heavy (non-hydrogen) atoms. The Labute approximate surface area is 164 Å². The number of hydrogen-bond acceptors (Lipinski definition) is 5. The van der Waals surface area contributed by atoms with E-state index in [1.165, 1.54) is 0 Å². The average molecular weight is 400 g/mol. The number of carbonyl (C=O) groups excluding carboxylic acids is 2. The lowest BCUT2D eigenvalue weighted by molar-refractivity contribution is -0.117. The van der Waals surface area contributed by atoms with E-state index in [9.17, 15) is 9.59 Å². The molecule has 1 aromatic carbocycles. The van der Waals surface area contributed by atoms with E-state index in [0.717, 1.165) is 36.7 Å². The van der Waals surface area contributed by atoms with E-state index in [1.54, 1.807) is 0 Å². The summed E-state index contributed by atoms with van der Waals surface area (Å²) in [5.74, 6) is 1.95. The van der Waals surface area contributed by atoms with Gasteiger partial charge in [-0.2, -0.15) is 11.8 Å². The molecule has 0 radical (unpaired) electrons. The summed E-state index contributed by atoms with van der Waals surface area (Å²) in [6.07, 6.45) is 0.362. The zero-order chi connectivity index (χ0) is 17.6. The Hall–Kier alpha value is -1.28. The van der Waals surface area contributed by atoms with Crippen molar-refractivity contribution in [3.63, 3.8) is 0 Å². The lowest BCUT2D eigenvalue weighted by Gasteiger charge is -2.27. The van der Waals surface area contributed by atoms with E-state index in [1.807, 2.05) is 41.8 Å². The second-order valence-corrected chi connectivity index (χ2v) is 7.59. The van der Waals surface area contributed by atoms with Gasteiger partial charge in [0.15, 0.2) is 0 Å². The van der Waals surface area contributed by atoms with E-state index >= 15 is 0 Å². The smallest absolute Gasteiger partial charge is 0.254 e. The SMILES string of the molecule is Cc1c(NC(=O)CC2COCCN2)cccc1C(=O)N1CCSCC1.Cl. The largest absolute Gasteiger partial charge is 0.378 e. The van der Waals surface area contributed by atoms with E-state index in [2.05, 4.69) is 10.6 Å². The molecule has 8 heteroatoms. The minimum Gasteiger partial charge on any atom is -0.378 e. The number of amides is 2. The molecule has 2 N–H and O–H groups in total. The third-order valence-electron chi connectivity index (χ3n) is 4.57. The van der Waals surface area contributed by atoms with Crippen LogP contribution in [0.4, 0.5) is 5.69 Å². The van der Waals surface area contributed by atoms with Gasteiger partial charge in [-0.1, -0.05) is 6.07 Å². The number of morpholine rings is 1. The maximum atomic E-state index is 12.8. The lowest BCUT2D eigenvalue weighted by Crippen LogP contribution is -2.43. The summed E-state index contributed by atoms with van der Waals surface area (Å²) in [5.41, 5.74) is 2.20. The molecule has 144 valence electrons. The first kappa shape index (κ1) is 21.0. The van der Waals surface area contributed by atoms with Gasteiger partial charge in [0.25, 0.3) is 5.91 Å². The van der Waals surface area contributed by atoms with Crippen LogP contribution >= 0.6 is 24.2 Å². The van der Waals surface area contributed by atoms with Gasteiger partial charge in [0.05, 0.1) is 13.2 Å². The summed E-state index contributed by atoms with van der Waals surface area (Å²) >= 11 is 1.88. The van der Waals surface area contributed by atoms with Crippen molar-refractivity contribution < 1.29 is 14.3 Å². The normalized spacial score (nSPS) is 20.2. The summed E-state index contributed by atoms with van der Waals surface area (Å²) in [6.45, 7) is 5.48. The second-order valence-electron chi connectivity index (χ2n) is 6.36. The monoisotopic (exact) mass is 399 g/mol. The number of benzene rings is 1. The molecule has 0 aromatic heterocycles. The number of nitrogens with one attached hydrogen (secondary N) is 2. The molecule has 2 heterocycles. The van der Waals surface area contributed by atoms with Crippen LogP contribution in [0.15, 0.2) is 18.2 Å². The molecule has 0 spiro atoms. The summed E-state index contributed by atoms with van der Waals surface area (Å²) in [6, 6.07) is 5.56. The van der Waals surface area contributed by atoms with Gasteiger partial charge in [0, 0.05) is 54.9 Å². The molecule has 2 fully saturated rings. The van der Waals surface area contributed by atoms with Crippen LogP contribution in [0.2, 0.25) is 0 Å². The minimum atomic E-state index is -0.0647. The Morgan fingerprint density at radius 1 is 1.35 bits per heavy atom. The Kier molecular flexibility index (Phi) is 8.21. The van der Waals surface area contributed by atoms with Crippen molar-refractivity contribution in [1.29, 1.82) is 0 Å². The Bertz CT molecular complexity index is 632. The maximum absolute atomic E-state index is 12.8. The standard InChI is InChI=1S/C18H25N3O3S.ClH/c1-13-15(18(23)21-6-9-25-10-7-21)3-2-4-16(13)20-17(22)11-14-12-24-8-5-19-14;/h2-4,14,19H,5-12H2,1H3,(H,20,22);1H. The van der Waals surface area contributed by atoms with Crippen molar-refractivity contribution in [2.45, 2.75) is 19.4 Å². The Morgan fingerprint density at radius 2 is 2.12 bits per heavy atom. The number of carbonyl (C=O) groups is 2. The van der Waals surface area contributed by atoms with Crippen LogP contribution in [-0.4, -0.2) is 67.1 Å². The van der Waals surface area contributed by atoms with Crippen molar-refractivity contribution in [2.75, 3.05) is 49.7 Å². The first-order valence-corrected chi connectivity index (χ1v) is 9.88. The molecule has 3 rings (SSSR count). The van der Waals surface area contributed by atoms with Crippen LogP contribution in [0.5, 0.6) is 0 Å². The summed E-state index contributed by atoms with van der Waals surface area (Å²) < 4.78 is 5.38. The number of nitrogens with zero attached hydrogens (tertiary/aromatic N) is 1. The van der Waals surface area contributed by atoms with Gasteiger partial charge < -0.3 is 20.3 Å². The first-order valence-electron chi connectivity index (χ1n) is 8.73. The molecule has 6 nitrogen and oxygen atoms in total. The molecule has 2 saturated heterocycles. The summed E-state index contributed by atoms with van der Waals surface area (Å²) in [7, 11) is 0. The molecular weight excluding hydrogens is 374 g/mol. The fraction of sp³-hybridized carbons (Fsp3) is 0.556. The van der Waals surface area contributed by atoms with Crippen molar-refractivity contribution in [1.82, 2.24) is 10.2 Å². The van der Waals surface area contributed by atoms with E-state index in [-0.39, 0.29) is 30.3 Å². The van der Waals surface area contributed by atoms with E-state index < -0.39 is 0 Å². The van der Waals surface area contributed by atoms with Gasteiger partial charge in [0.1, 0.15) is 0 Å². The number of halogens is 1. The van der Waals surface area contributed by atoms with Crippen LogP contribution in [0.1, 0.15) is 22.3 Å². The third kappa shape index (κ3) is 5.36. The number of ether oxygens (including phenoxy) is 1. The summed E-state index contributed by atoms with van der Waals surface area (Å²) in [5, 5.41) is 6.22. The van der Waals surface area contributed by atoms with Crippen LogP contribution in [0.3, 0.4) is 0 Å². The molecule has 2 aliphatic rings. The third-order valence-corrected chi connectivity index (χ3v) is 5.51. The van der Waals surface area contributed by atoms with E-state index in [4.69, 9.17) is 4.74 Å². The quantitative estimate of drug-likeness (QED) is 0.809. The Balaban J connectivity index is 0.00000243. The Morgan fingerprint density at radius 3 is 2.81 bits per heavy atom.